The number of piperidine rings is 1. The van der Waals surface area contributed by atoms with Crippen LogP contribution in [0.2, 0.25) is 0 Å². The largest absolute Gasteiger partial charge is 0.384 e. The Labute approximate surface area is 175 Å². The van der Waals surface area contributed by atoms with E-state index in [1.54, 1.807) is 0 Å². The van der Waals surface area contributed by atoms with Crippen LogP contribution in [0.1, 0.15) is 32.6 Å². The summed E-state index contributed by atoms with van der Waals surface area (Å²) >= 11 is 0. The zero-order valence-corrected chi connectivity index (χ0v) is 18.3. The lowest BCUT2D eigenvalue weighted by Gasteiger charge is -2.54. The maximum atomic E-state index is 5.78. The van der Waals surface area contributed by atoms with Gasteiger partial charge in [0.25, 0.3) is 0 Å². The minimum Gasteiger partial charge on any atom is -0.384 e. The summed E-state index contributed by atoms with van der Waals surface area (Å²) in [7, 11) is 3.93. The third-order valence-electron chi connectivity index (χ3n) is 7.42. The molecule has 0 bridgehead atoms. The molecular formula is C22H37N5O2. The van der Waals surface area contributed by atoms with Gasteiger partial charge in [-0.1, -0.05) is 0 Å². The molecule has 0 N–H and O–H groups in total. The minimum atomic E-state index is 0.214. The van der Waals surface area contributed by atoms with Crippen molar-refractivity contribution in [1.82, 2.24) is 14.9 Å². The van der Waals surface area contributed by atoms with Crippen molar-refractivity contribution in [3.05, 3.63) is 12.3 Å². The topological polar surface area (TPSA) is 54.0 Å². The number of fused-ring (bicyclic) bond motifs is 1. The summed E-state index contributed by atoms with van der Waals surface area (Å²) in [5, 5.41) is 0. The van der Waals surface area contributed by atoms with E-state index < -0.39 is 0 Å². The Balaban J connectivity index is 1.48. The van der Waals surface area contributed by atoms with Crippen molar-refractivity contribution < 1.29 is 9.47 Å². The lowest BCUT2D eigenvalue weighted by molar-refractivity contribution is -0.0541. The molecule has 3 fully saturated rings. The molecular weight excluding hydrogens is 366 g/mol. The second kappa shape index (κ2) is 9.14. The monoisotopic (exact) mass is 403 g/mol. The quantitative estimate of drug-likeness (QED) is 0.722. The zero-order chi connectivity index (χ0) is 20.3. The molecule has 1 aliphatic carbocycles. The molecule has 7 nitrogen and oxygen atoms in total. The third-order valence-corrected chi connectivity index (χ3v) is 7.42. The molecule has 0 radical (unpaired) electrons. The number of nitrogens with zero attached hydrogens (tertiary/aromatic N) is 5. The average molecular weight is 404 g/mol. The molecule has 3 atom stereocenters. The molecule has 7 heteroatoms. The van der Waals surface area contributed by atoms with Crippen molar-refractivity contribution in [2.45, 2.75) is 38.6 Å². The Morgan fingerprint density at radius 1 is 1.28 bits per heavy atom. The molecule has 3 aliphatic rings. The first-order valence-electron chi connectivity index (χ1n) is 11.2. The van der Waals surface area contributed by atoms with Crippen molar-refractivity contribution in [1.29, 1.82) is 0 Å². The molecule has 0 spiro atoms. The lowest BCUT2D eigenvalue weighted by Crippen LogP contribution is -2.57. The highest BCUT2D eigenvalue weighted by molar-refractivity contribution is 5.43. The molecule has 0 amide bonds. The Morgan fingerprint density at radius 2 is 2.10 bits per heavy atom. The van der Waals surface area contributed by atoms with E-state index in [-0.39, 0.29) is 5.41 Å². The average Bonchev–Trinajstić information content (AvgIpc) is 2.78. The highest BCUT2D eigenvalue weighted by Crippen LogP contribution is 2.48. The van der Waals surface area contributed by atoms with E-state index >= 15 is 0 Å². The van der Waals surface area contributed by atoms with E-state index in [1.807, 2.05) is 19.4 Å². The Hall–Kier alpha value is -1.44. The van der Waals surface area contributed by atoms with Crippen molar-refractivity contribution in [3.8, 4) is 0 Å². The van der Waals surface area contributed by atoms with Crippen LogP contribution in [0, 0.1) is 11.3 Å². The van der Waals surface area contributed by atoms with Crippen LogP contribution in [0.3, 0.4) is 0 Å². The van der Waals surface area contributed by atoms with Crippen LogP contribution in [-0.4, -0.2) is 87.6 Å². The molecule has 29 heavy (non-hydrogen) atoms. The summed E-state index contributed by atoms with van der Waals surface area (Å²) in [6.07, 6.45) is 6.86. The molecule has 162 valence electrons. The second-order valence-electron chi connectivity index (χ2n) is 9.01. The van der Waals surface area contributed by atoms with E-state index in [2.05, 4.69) is 33.7 Å². The third kappa shape index (κ3) is 4.37. The van der Waals surface area contributed by atoms with Crippen molar-refractivity contribution in [2.75, 3.05) is 76.5 Å². The fraction of sp³-hybridized carbons (Fsp3) is 0.818. The summed E-state index contributed by atoms with van der Waals surface area (Å²) in [5.41, 5.74) is 0.214. The molecule has 3 heterocycles. The van der Waals surface area contributed by atoms with Crippen LogP contribution in [-0.2, 0) is 9.47 Å². The highest BCUT2D eigenvalue weighted by atomic mass is 16.5. The molecule has 2 aliphatic heterocycles. The van der Waals surface area contributed by atoms with Gasteiger partial charge in [-0.15, -0.1) is 0 Å². The van der Waals surface area contributed by atoms with Gasteiger partial charge in [-0.3, -0.25) is 4.90 Å². The number of hydrogen-bond acceptors (Lipinski definition) is 7. The fourth-order valence-electron chi connectivity index (χ4n) is 5.59. The van der Waals surface area contributed by atoms with Gasteiger partial charge in [0.2, 0.25) is 5.95 Å². The van der Waals surface area contributed by atoms with Gasteiger partial charge in [-0.25, -0.2) is 4.98 Å². The number of morpholine rings is 1. The van der Waals surface area contributed by atoms with Crippen LogP contribution >= 0.6 is 0 Å². The van der Waals surface area contributed by atoms with Crippen molar-refractivity contribution in [3.63, 3.8) is 0 Å². The zero-order valence-electron chi connectivity index (χ0n) is 18.3. The first kappa shape index (κ1) is 20.8. The number of rotatable bonds is 6. The van der Waals surface area contributed by atoms with Crippen molar-refractivity contribution in [2.24, 2.45) is 11.3 Å². The maximum absolute atomic E-state index is 5.78. The molecule has 4 rings (SSSR count). The van der Waals surface area contributed by atoms with Gasteiger partial charge in [0.1, 0.15) is 5.82 Å². The van der Waals surface area contributed by atoms with Gasteiger partial charge in [-0.05, 0) is 44.6 Å². The molecule has 0 unspecified atom stereocenters. The van der Waals surface area contributed by atoms with E-state index in [9.17, 15) is 0 Å². The lowest BCUT2D eigenvalue weighted by atomic mass is 9.62. The second-order valence-corrected chi connectivity index (χ2v) is 9.01. The number of anilines is 2. The first-order chi connectivity index (χ1) is 14.1. The highest BCUT2D eigenvalue weighted by Gasteiger charge is 2.48. The van der Waals surface area contributed by atoms with Gasteiger partial charge in [0, 0.05) is 64.5 Å². The normalized spacial score (nSPS) is 30.8. The summed E-state index contributed by atoms with van der Waals surface area (Å²) in [4.78, 5) is 16.7. The number of methoxy groups -OCH3 is 1. The fourth-order valence-corrected chi connectivity index (χ4v) is 5.59. The van der Waals surface area contributed by atoms with Gasteiger partial charge in [0.05, 0.1) is 19.8 Å². The van der Waals surface area contributed by atoms with Crippen LogP contribution in [0.15, 0.2) is 12.3 Å². The van der Waals surface area contributed by atoms with Crippen LogP contribution in [0.5, 0.6) is 0 Å². The van der Waals surface area contributed by atoms with Gasteiger partial charge in [0.15, 0.2) is 0 Å². The van der Waals surface area contributed by atoms with Gasteiger partial charge in [-0.2, -0.15) is 4.98 Å². The van der Waals surface area contributed by atoms with E-state index in [1.165, 1.54) is 25.7 Å². The molecule has 1 saturated carbocycles. The Bertz CT molecular complexity index is 668. The van der Waals surface area contributed by atoms with Crippen LogP contribution in [0.25, 0.3) is 0 Å². The molecule has 1 aromatic rings. The predicted octanol–water partition coefficient (Wildman–Crippen LogP) is 2.28. The summed E-state index contributed by atoms with van der Waals surface area (Å²) in [5.74, 6) is 2.57. The Morgan fingerprint density at radius 3 is 2.86 bits per heavy atom. The van der Waals surface area contributed by atoms with Gasteiger partial charge >= 0.3 is 0 Å². The van der Waals surface area contributed by atoms with Crippen LogP contribution < -0.4 is 9.80 Å². The minimum absolute atomic E-state index is 0.214. The van der Waals surface area contributed by atoms with Crippen molar-refractivity contribution >= 4 is 11.8 Å². The summed E-state index contributed by atoms with van der Waals surface area (Å²) in [6.45, 7) is 9.90. The molecule has 2 saturated heterocycles. The number of hydrogen-bond donors (Lipinski definition) is 0. The SMILES string of the molecule is CCN(C)c1ccnc(N2CC[C@H]3C[C@@H](N4CCOCC4)CC[C@]3(COC)C2)n1. The van der Waals surface area contributed by atoms with Gasteiger partial charge < -0.3 is 19.3 Å². The van der Waals surface area contributed by atoms with E-state index in [0.717, 1.165) is 64.3 Å². The molecule has 0 aromatic carbocycles. The van der Waals surface area contributed by atoms with E-state index in [4.69, 9.17) is 14.5 Å². The smallest absolute Gasteiger partial charge is 0.227 e. The molecule has 1 aromatic heterocycles. The van der Waals surface area contributed by atoms with E-state index in [0.29, 0.717) is 12.0 Å². The van der Waals surface area contributed by atoms with Crippen LogP contribution in [0.4, 0.5) is 11.8 Å². The summed E-state index contributed by atoms with van der Waals surface area (Å²) < 4.78 is 11.3. The predicted molar refractivity (Wildman–Crippen MR) is 116 cm³/mol. The first-order valence-corrected chi connectivity index (χ1v) is 11.2. The number of ether oxygens (including phenoxy) is 2. The Kier molecular flexibility index (Phi) is 6.56. The maximum Gasteiger partial charge on any atom is 0.227 e. The standard InChI is InChI=1S/C22H37N5O2/c1-4-25(2)20-6-9-23-21(24-20)27-10-7-18-15-19(26-11-13-29-14-12-26)5-8-22(18,16-27)17-28-3/h6,9,18-19H,4-5,7-8,10-17H2,1-3H3/t18-,19-,22+/m0/s1. The summed E-state index contributed by atoms with van der Waals surface area (Å²) in [6, 6.07) is 2.70. The number of aromatic nitrogens is 2.